The first-order chi connectivity index (χ1) is 8.00. The Morgan fingerprint density at radius 1 is 1.65 bits per heavy atom. The largest absolute Gasteiger partial charge is 0.856 e. The lowest BCUT2D eigenvalue weighted by Crippen LogP contribution is -2.56. The van der Waals surface area contributed by atoms with E-state index >= 15 is 0 Å². The maximum atomic E-state index is 11.7. The summed E-state index contributed by atoms with van der Waals surface area (Å²) in [5.41, 5.74) is -1.72. The summed E-state index contributed by atoms with van der Waals surface area (Å²) in [5, 5.41) is 25.9. The number of carbonyl (C=O) groups excluding carboxylic acids is 1. The molecule has 1 spiro atoms. The fourth-order valence-corrected chi connectivity index (χ4v) is 2.26. The Kier molecular flexibility index (Phi) is 3.07. The average Bonchev–Trinajstić information content (AvgIpc) is 2.51. The number of aliphatic hydroxyl groups is 1. The van der Waals surface area contributed by atoms with Gasteiger partial charge in [0.1, 0.15) is 19.6 Å². The van der Waals surface area contributed by atoms with Crippen molar-refractivity contribution >= 4 is 11.9 Å². The van der Waals surface area contributed by atoms with Crippen molar-refractivity contribution in [3.8, 4) is 0 Å². The highest BCUT2D eigenvalue weighted by Crippen LogP contribution is 2.28. The van der Waals surface area contributed by atoms with E-state index in [9.17, 15) is 15.0 Å². The van der Waals surface area contributed by atoms with E-state index in [1.807, 2.05) is 0 Å². The zero-order valence-corrected chi connectivity index (χ0v) is 9.72. The first-order valence-electron chi connectivity index (χ1n) is 5.50. The number of carbonyl (C=O) groups is 1. The zero-order valence-electron chi connectivity index (χ0n) is 9.72. The number of ether oxygens (including phenoxy) is 2. The first kappa shape index (κ1) is 12.3. The third kappa shape index (κ3) is 2.26. The van der Waals surface area contributed by atoms with E-state index in [2.05, 4.69) is 9.84 Å². The predicted octanol–water partition coefficient (Wildman–Crippen LogP) is -2.18. The standard InChI is InChI=1S/C10H16N2O5/c1-16-8(13)6-10(15)7-12(11-9(10)14)2-4-17-5-3-12/h15H,2-7H2,1H3. The van der Waals surface area contributed by atoms with E-state index in [-0.39, 0.29) is 17.6 Å². The van der Waals surface area contributed by atoms with Gasteiger partial charge in [0.05, 0.1) is 32.6 Å². The molecule has 0 aromatic rings. The van der Waals surface area contributed by atoms with Crippen LogP contribution in [0.1, 0.15) is 6.42 Å². The minimum atomic E-state index is -1.72. The summed E-state index contributed by atoms with van der Waals surface area (Å²) in [5.74, 6) is -1.24. The molecule has 2 aliphatic heterocycles. The summed E-state index contributed by atoms with van der Waals surface area (Å²) in [6.45, 7) is 2.24. The van der Waals surface area contributed by atoms with Gasteiger partial charge in [-0.1, -0.05) is 5.10 Å². The molecule has 1 fully saturated rings. The van der Waals surface area contributed by atoms with Gasteiger partial charge in [-0.05, 0) is 0 Å². The molecule has 0 saturated carbocycles. The summed E-state index contributed by atoms with van der Waals surface area (Å²) >= 11 is 0. The molecule has 2 aliphatic rings. The summed E-state index contributed by atoms with van der Waals surface area (Å²) in [6.07, 6.45) is -0.341. The molecule has 7 nitrogen and oxygen atoms in total. The molecule has 1 unspecified atom stereocenters. The molecule has 0 amide bonds. The fourth-order valence-electron chi connectivity index (χ4n) is 2.26. The smallest absolute Gasteiger partial charge is 0.309 e. The van der Waals surface area contributed by atoms with Crippen LogP contribution in [0.25, 0.3) is 0 Å². The molecule has 0 bridgehead atoms. The molecule has 0 aromatic carbocycles. The second-order valence-corrected chi connectivity index (χ2v) is 4.50. The molecule has 1 N–H and O–H groups in total. The summed E-state index contributed by atoms with van der Waals surface area (Å²) in [6, 6.07) is 0. The summed E-state index contributed by atoms with van der Waals surface area (Å²) in [7, 11) is 1.22. The number of hydrogen-bond acceptors (Lipinski definition) is 6. The van der Waals surface area contributed by atoms with Crippen LogP contribution in [0.3, 0.4) is 0 Å². The van der Waals surface area contributed by atoms with Gasteiger partial charge < -0.3 is 19.7 Å². The number of hydrogen-bond donors (Lipinski definition) is 1. The topological polar surface area (TPSA) is 91.2 Å². The van der Waals surface area contributed by atoms with Gasteiger partial charge in [-0.2, -0.15) is 4.59 Å². The fraction of sp³-hybridized carbons (Fsp3) is 0.800. The van der Waals surface area contributed by atoms with Gasteiger partial charge in [0.25, 0.3) is 0 Å². The van der Waals surface area contributed by atoms with E-state index in [4.69, 9.17) is 4.74 Å². The molecule has 96 valence electrons. The Balaban J connectivity index is 2.12. The zero-order chi connectivity index (χ0) is 12.5. The van der Waals surface area contributed by atoms with Crippen molar-refractivity contribution in [3.05, 3.63) is 0 Å². The van der Waals surface area contributed by atoms with Crippen molar-refractivity contribution in [2.75, 3.05) is 40.0 Å². The number of esters is 1. The van der Waals surface area contributed by atoms with Gasteiger partial charge in [0, 0.05) is 0 Å². The quantitative estimate of drug-likeness (QED) is 0.440. The number of morpholine rings is 1. The number of nitrogens with zero attached hydrogens (tertiary/aromatic N) is 2. The van der Waals surface area contributed by atoms with Crippen LogP contribution in [-0.4, -0.2) is 67.1 Å². The summed E-state index contributed by atoms with van der Waals surface area (Å²) in [4.78, 5) is 11.2. The Morgan fingerprint density at radius 2 is 2.29 bits per heavy atom. The van der Waals surface area contributed by atoms with E-state index in [1.54, 1.807) is 0 Å². The van der Waals surface area contributed by atoms with Crippen LogP contribution >= 0.6 is 0 Å². The molecule has 1 saturated heterocycles. The van der Waals surface area contributed by atoms with Crippen LogP contribution in [-0.2, 0) is 14.3 Å². The highest BCUT2D eigenvalue weighted by molar-refractivity contribution is 5.87. The lowest BCUT2D eigenvalue weighted by Gasteiger charge is -2.34. The molecular formula is C10H16N2O5. The second-order valence-electron chi connectivity index (χ2n) is 4.50. The van der Waals surface area contributed by atoms with Gasteiger partial charge in [0.2, 0.25) is 0 Å². The highest BCUT2D eigenvalue weighted by Gasteiger charge is 2.49. The minimum Gasteiger partial charge on any atom is -0.856 e. The maximum absolute atomic E-state index is 11.7. The van der Waals surface area contributed by atoms with Crippen molar-refractivity contribution in [1.29, 1.82) is 0 Å². The van der Waals surface area contributed by atoms with Crippen LogP contribution in [0.2, 0.25) is 0 Å². The Labute approximate surface area is 98.8 Å². The van der Waals surface area contributed by atoms with E-state index in [1.165, 1.54) is 7.11 Å². The van der Waals surface area contributed by atoms with E-state index in [0.717, 1.165) is 0 Å². The first-order valence-corrected chi connectivity index (χ1v) is 5.50. The van der Waals surface area contributed by atoms with Crippen LogP contribution in [0.5, 0.6) is 0 Å². The summed E-state index contributed by atoms with van der Waals surface area (Å²) < 4.78 is 9.84. The minimum absolute atomic E-state index is 0.129. The Hall–Kier alpha value is -1.18. The van der Waals surface area contributed by atoms with Gasteiger partial charge in [0.15, 0.2) is 5.60 Å². The molecule has 0 aromatic heterocycles. The van der Waals surface area contributed by atoms with Crippen molar-refractivity contribution < 1.29 is 29.1 Å². The molecule has 2 heterocycles. The average molecular weight is 244 g/mol. The molecule has 2 rings (SSSR count). The highest BCUT2D eigenvalue weighted by atomic mass is 16.5. The van der Waals surface area contributed by atoms with Crippen LogP contribution in [0.15, 0.2) is 5.10 Å². The molecule has 7 heteroatoms. The van der Waals surface area contributed by atoms with Gasteiger partial charge in [-0.3, -0.25) is 4.79 Å². The van der Waals surface area contributed by atoms with E-state index < -0.39 is 17.5 Å². The predicted molar refractivity (Wildman–Crippen MR) is 54.7 cm³/mol. The maximum Gasteiger partial charge on any atom is 0.309 e. The van der Waals surface area contributed by atoms with Gasteiger partial charge >= 0.3 is 5.97 Å². The molecule has 0 aliphatic carbocycles. The number of quaternary nitrogens is 1. The van der Waals surface area contributed by atoms with Crippen molar-refractivity contribution in [2.24, 2.45) is 5.10 Å². The third-order valence-corrected chi connectivity index (χ3v) is 3.23. The Morgan fingerprint density at radius 3 is 2.88 bits per heavy atom. The van der Waals surface area contributed by atoms with Crippen LogP contribution in [0.4, 0.5) is 0 Å². The van der Waals surface area contributed by atoms with Gasteiger partial charge in [-0.15, -0.1) is 0 Å². The lowest BCUT2D eigenvalue weighted by atomic mass is 10.00. The third-order valence-electron chi connectivity index (χ3n) is 3.23. The van der Waals surface area contributed by atoms with Crippen molar-refractivity contribution in [2.45, 2.75) is 12.0 Å². The second kappa shape index (κ2) is 4.25. The van der Waals surface area contributed by atoms with E-state index in [0.29, 0.717) is 26.3 Å². The number of rotatable bonds is 2. The lowest BCUT2D eigenvalue weighted by molar-refractivity contribution is -0.940. The number of methoxy groups -OCH3 is 1. The Bertz CT molecular complexity index is 351. The SMILES string of the molecule is COC(=O)CC1(O)C[N+]2(CCOCC2)N=C1[O-]. The van der Waals surface area contributed by atoms with Crippen LogP contribution < -0.4 is 5.11 Å². The van der Waals surface area contributed by atoms with Gasteiger partial charge in [-0.25, -0.2) is 0 Å². The van der Waals surface area contributed by atoms with Crippen molar-refractivity contribution in [3.63, 3.8) is 0 Å². The monoisotopic (exact) mass is 244 g/mol. The molecule has 17 heavy (non-hydrogen) atoms. The normalized spacial score (nSPS) is 31.3. The molecular weight excluding hydrogens is 228 g/mol. The molecule has 0 radical (unpaired) electrons. The van der Waals surface area contributed by atoms with Crippen LogP contribution in [0, 0.1) is 0 Å². The molecule has 1 atom stereocenters. The van der Waals surface area contributed by atoms with Crippen molar-refractivity contribution in [1.82, 2.24) is 0 Å².